The van der Waals surface area contributed by atoms with E-state index in [4.69, 9.17) is 5.11 Å². The number of hydrogen-bond donors (Lipinski definition) is 3. The smallest absolute Gasteiger partial charge is 0.404 e. The molecular formula is C11H14N4O2. The van der Waals surface area contributed by atoms with Gasteiger partial charge >= 0.3 is 6.09 Å². The third kappa shape index (κ3) is 2.23. The molecule has 0 bridgehead atoms. The number of hydrogen-bond acceptors (Lipinski definition) is 3. The van der Waals surface area contributed by atoms with Crippen molar-refractivity contribution >= 4 is 6.09 Å². The first-order valence-corrected chi connectivity index (χ1v) is 5.56. The number of carbonyl (C=O) groups is 1. The van der Waals surface area contributed by atoms with Crippen molar-refractivity contribution in [3.63, 3.8) is 0 Å². The molecule has 90 valence electrons. The summed E-state index contributed by atoms with van der Waals surface area (Å²) in [6.07, 6.45) is 4.72. The number of aromatic nitrogens is 2. The van der Waals surface area contributed by atoms with Crippen LogP contribution in [0.5, 0.6) is 0 Å². The largest absolute Gasteiger partial charge is 0.465 e. The van der Waals surface area contributed by atoms with E-state index >= 15 is 0 Å². The van der Waals surface area contributed by atoms with Gasteiger partial charge in [-0.3, -0.25) is 0 Å². The minimum Gasteiger partial charge on any atom is -0.465 e. The highest BCUT2D eigenvalue weighted by Gasteiger charge is 2.56. The second kappa shape index (κ2) is 4.45. The maximum absolute atomic E-state index is 10.3. The summed E-state index contributed by atoms with van der Waals surface area (Å²) >= 11 is 0. The molecule has 17 heavy (non-hydrogen) atoms. The van der Waals surface area contributed by atoms with Gasteiger partial charge in [0.1, 0.15) is 5.41 Å². The molecule has 1 fully saturated rings. The minimum atomic E-state index is -0.999. The average Bonchev–Trinajstić information content (AvgIpc) is 2.75. The Labute approximate surface area is 98.7 Å². The van der Waals surface area contributed by atoms with Crippen molar-refractivity contribution in [1.82, 2.24) is 15.3 Å². The van der Waals surface area contributed by atoms with Crippen LogP contribution in [0.3, 0.4) is 0 Å². The number of nitrogens with zero attached hydrogens (tertiary/aromatic N) is 2. The molecular weight excluding hydrogens is 220 g/mol. The van der Waals surface area contributed by atoms with E-state index in [1.165, 1.54) is 0 Å². The number of nitrogens with one attached hydrogen (secondary N) is 2. The van der Waals surface area contributed by atoms with Crippen LogP contribution in [-0.4, -0.2) is 27.7 Å². The SMILES string of the molecule is N#C[C@@]1(c2cnc[nH]2)C[C@H]1CCCNC(=O)O. The van der Waals surface area contributed by atoms with Crippen LogP contribution < -0.4 is 5.32 Å². The summed E-state index contributed by atoms with van der Waals surface area (Å²) < 4.78 is 0. The van der Waals surface area contributed by atoms with E-state index < -0.39 is 11.5 Å². The standard InChI is InChI=1S/C11H14N4O2/c12-6-11(9-5-13-7-15-9)4-8(11)2-1-3-14-10(16)17/h5,7-8,14H,1-4H2,(H,13,15)(H,16,17)/t8-,11+/m1/s1. The Morgan fingerprint density at radius 1 is 1.82 bits per heavy atom. The quantitative estimate of drug-likeness (QED) is 0.667. The second-order valence-electron chi connectivity index (χ2n) is 4.32. The summed E-state index contributed by atoms with van der Waals surface area (Å²) in [5.74, 6) is 0.309. The van der Waals surface area contributed by atoms with Gasteiger partial charge in [-0.1, -0.05) is 0 Å². The van der Waals surface area contributed by atoms with Gasteiger partial charge in [0.05, 0.1) is 18.1 Å². The zero-order valence-corrected chi connectivity index (χ0v) is 9.31. The zero-order valence-electron chi connectivity index (χ0n) is 9.31. The molecule has 0 spiro atoms. The van der Waals surface area contributed by atoms with Crippen molar-refractivity contribution in [2.24, 2.45) is 5.92 Å². The van der Waals surface area contributed by atoms with Gasteiger partial charge in [-0.05, 0) is 25.2 Å². The normalized spacial score (nSPS) is 26.2. The Kier molecular flexibility index (Phi) is 3.00. The number of imidazole rings is 1. The topological polar surface area (TPSA) is 102 Å². The molecule has 6 nitrogen and oxygen atoms in total. The molecule has 1 aliphatic rings. The van der Waals surface area contributed by atoms with E-state index in [-0.39, 0.29) is 0 Å². The molecule has 1 heterocycles. The molecule has 0 saturated heterocycles. The zero-order chi connectivity index (χ0) is 12.3. The molecule has 1 saturated carbocycles. The number of carboxylic acid groups (broad SMARTS) is 1. The van der Waals surface area contributed by atoms with Crippen LogP contribution in [-0.2, 0) is 5.41 Å². The van der Waals surface area contributed by atoms with Crippen LogP contribution in [0.2, 0.25) is 0 Å². The highest BCUT2D eigenvalue weighted by atomic mass is 16.4. The Hall–Kier alpha value is -2.03. The van der Waals surface area contributed by atoms with Gasteiger partial charge in [0, 0.05) is 12.7 Å². The molecule has 1 aromatic rings. The number of rotatable bonds is 5. The first-order chi connectivity index (χ1) is 8.19. The van der Waals surface area contributed by atoms with Crippen molar-refractivity contribution < 1.29 is 9.90 Å². The van der Waals surface area contributed by atoms with E-state index in [2.05, 4.69) is 21.4 Å². The molecule has 2 atom stereocenters. The highest BCUT2D eigenvalue weighted by Crippen LogP contribution is 2.55. The Balaban J connectivity index is 1.82. The predicted molar refractivity (Wildman–Crippen MR) is 59.2 cm³/mol. The molecule has 6 heteroatoms. The summed E-state index contributed by atoms with van der Waals surface area (Å²) in [6.45, 7) is 0.441. The summed E-state index contributed by atoms with van der Waals surface area (Å²) in [6, 6.07) is 2.35. The lowest BCUT2D eigenvalue weighted by Gasteiger charge is -2.05. The molecule has 1 aromatic heterocycles. The maximum atomic E-state index is 10.3. The Morgan fingerprint density at radius 3 is 3.24 bits per heavy atom. The van der Waals surface area contributed by atoms with Crippen molar-refractivity contribution in [1.29, 1.82) is 5.26 Å². The van der Waals surface area contributed by atoms with Crippen LogP contribution in [0.15, 0.2) is 12.5 Å². The maximum Gasteiger partial charge on any atom is 0.404 e. The number of H-pyrrole nitrogens is 1. The molecule has 0 radical (unpaired) electrons. The molecule has 1 amide bonds. The van der Waals surface area contributed by atoms with Gasteiger partial charge in [-0.2, -0.15) is 5.26 Å². The molecule has 3 N–H and O–H groups in total. The number of nitriles is 1. The molecule has 1 aliphatic carbocycles. The van der Waals surface area contributed by atoms with Gasteiger partial charge in [0.2, 0.25) is 0 Å². The van der Waals surface area contributed by atoms with E-state index in [0.717, 1.165) is 25.0 Å². The molecule has 0 aliphatic heterocycles. The van der Waals surface area contributed by atoms with Crippen LogP contribution in [0.25, 0.3) is 0 Å². The number of amides is 1. The summed E-state index contributed by atoms with van der Waals surface area (Å²) in [5.41, 5.74) is 0.455. The van der Waals surface area contributed by atoms with Gasteiger partial charge < -0.3 is 15.4 Å². The molecule has 0 unspecified atom stereocenters. The number of aromatic amines is 1. The van der Waals surface area contributed by atoms with Gasteiger partial charge in [-0.25, -0.2) is 9.78 Å². The summed E-state index contributed by atoms with van der Waals surface area (Å²) in [4.78, 5) is 17.2. The van der Waals surface area contributed by atoms with E-state index in [9.17, 15) is 10.1 Å². The van der Waals surface area contributed by atoms with Crippen molar-refractivity contribution in [3.05, 3.63) is 18.2 Å². The fourth-order valence-electron chi connectivity index (χ4n) is 2.25. The average molecular weight is 234 g/mol. The Bertz CT molecular complexity index is 437. The Morgan fingerprint density at radius 2 is 2.65 bits per heavy atom. The van der Waals surface area contributed by atoms with Crippen molar-refractivity contribution in [2.75, 3.05) is 6.54 Å². The van der Waals surface area contributed by atoms with Crippen LogP contribution in [0, 0.1) is 17.2 Å². The van der Waals surface area contributed by atoms with Crippen LogP contribution in [0.4, 0.5) is 4.79 Å². The van der Waals surface area contributed by atoms with Crippen molar-refractivity contribution in [2.45, 2.75) is 24.7 Å². The summed E-state index contributed by atoms with van der Waals surface area (Å²) in [5, 5.41) is 20.0. The first-order valence-electron chi connectivity index (χ1n) is 5.56. The third-order valence-corrected chi connectivity index (χ3v) is 3.29. The van der Waals surface area contributed by atoms with E-state index in [1.807, 2.05) is 0 Å². The fourth-order valence-corrected chi connectivity index (χ4v) is 2.25. The van der Waals surface area contributed by atoms with E-state index in [0.29, 0.717) is 12.5 Å². The lowest BCUT2D eigenvalue weighted by molar-refractivity contribution is 0.194. The molecule has 2 rings (SSSR count). The van der Waals surface area contributed by atoms with Crippen LogP contribution in [0.1, 0.15) is 25.0 Å². The molecule has 0 aromatic carbocycles. The third-order valence-electron chi connectivity index (χ3n) is 3.29. The lowest BCUT2D eigenvalue weighted by Crippen LogP contribution is -2.22. The predicted octanol–water partition coefficient (Wildman–Crippen LogP) is 1.24. The fraction of sp³-hybridized carbons (Fsp3) is 0.545. The summed E-state index contributed by atoms with van der Waals surface area (Å²) in [7, 11) is 0. The van der Waals surface area contributed by atoms with Crippen LogP contribution >= 0.6 is 0 Å². The first kappa shape index (κ1) is 11.5. The highest BCUT2D eigenvalue weighted by molar-refractivity contribution is 5.64. The van der Waals surface area contributed by atoms with Gasteiger partial charge in [0.15, 0.2) is 0 Å². The minimum absolute atomic E-state index is 0.309. The van der Waals surface area contributed by atoms with Gasteiger partial charge in [0.25, 0.3) is 0 Å². The second-order valence-corrected chi connectivity index (χ2v) is 4.32. The monoisotopic (exact) mass is 234 g/mol. The van der Waals surface area contributed by atoms with E-state index in [1.54, 1.807) is 12.5 Å². The van der Waals surface area contributed by atoms with Gasteiger partial charge in [-0.15, -0.1) is 0 Å². The van der Waals surface area contributed by atoms with Crippen molar-refractivity contribution in [3.8, 4) is 6.07 Å². The lowest BCUT2D eigenvalue weighted by atomic mass is 9.99.